The maximum absolute atomic E-state index is 13.0. The number of hydrogen-bond acceptors (Lipinski definition) is 7. The highest BCUT2D eigenvalue weighted by molar-refractivity contribution is 7.89. The van der Waals surface area contributed by atoms with E-state index in [2.05, 4.69) is 10.0 Å². The van der Waals surface area contributed by atoms with Gasteiger partial charge in [0, 0.05) is 19.0 Å². The molecular weight excluding hydrogens is 460 g/mol. The number of amides is 1. The topological polar surface area (TPSA) is 123 Å². The minimum atomic E-state index is -4.02. The molecule has 2 unspecified atom stereocenters. The molecule has 10 heteroatoms. The minimum Gasteiger partial charge on any atom is -0.491 e. The lowest BCUT2D eigenvalue weighted by Gasteiger charge is -2.23. The number of aliphatic hydroxyl groups excluding tert-OH is 1. The summed E-state index contributed by atoms with van der Waals surface area (Å²) in [5.41, 5.74) is 1.03. The van der Waals surface area contributed by atoms with Crippen molar-refractivity contribution in [3.63, 3.8) is 0 Å². The highest BCUT2D eigenvalue weighted by Crippen LogP contribution is 2.32. The van der Waals surface area contributed by atoms with Crippen LogP contribution in [-0.2, 0) is 14.8 Å². The molecule has 34 heavy (non-hydrogen) atoms. The second-order valence-electron chi connectivity index (χ2n) is 8.53. The maximum atomic E-state index is 13.0. The van der Waals surface area contributed by atoms with Gasteiger partial charge in [-0.05, 0) is 42.7 Å². The van der Waals surface area contributed by atoms with Gasteiger partial charge in [-0.2, -0.15) is 4.72 Å². The molecule has 0 saturated heterocycles. The number of hydrogen-bond donors (Lipinski definition) is 3. The van der Waals surface area contributed by atoms with Crippen molar-refractivity contribution in [3.8, 4) is 17.2 Å². The smallest absolute Gasteiger partial charge is 0.241 e. The molecule has 3 N–H and O–H groups in total. The maximum Gasteiger partial charge on any atom is 0.241 e. The van der Waals surface area contributed by atoms with Crippen molar-refractivity contribution in [3.05, 3.63) is 48.0 Å². The zero-order valence-corrected chi connectivity index (χ0v) is 20.4. The molecule has 2 aromatic rings. The van der Waals surface area contributed by atoms with Crippen molar-refractivity contribution in [1.82, 2.24) is 10.0 Å². The number of benzene rings is 2. The monoisotopic (exact) mass is 492 g/mol. The lowest BCUT2D eigenvalue weighted by Crippen LogP contribution is -2.51. The standard InChI is InChI=1S/C24H32N2O7S/c1-16(2)23(24(28)25-14-18(27)15-33-19-7-4-6-17(3)12-19)26-34(29,30)20-8-9-21-22(13-20)32-11-5-10-31-21/h4,6-9,12-13,16,18,23,26-27H,5,10-11,14-15H2,1-3H3,(H,25,28). The van der Waals surface area contributed by atoms with Crippen molar-refractivity contribution >= 4 is 15.9 Å². The Balaban J connectivity index is 1.59. The third-order valence-corrected chi connectivity index (χ3v) is 6.64. The lowest BCUT2D eigenvalue weighted by atomic mass is 10.1. The van der Waals surface area contributed by atoms with Crippen molar-refractivity contribution in [1.29, 1.82) is 0 Å². The van der Waals surface area contributed by atoms with Gasteiger partial charge in [0.25, 0.3) is 0 Å². The van der Waals surface area contributed by atoms with Crippen LogP contribution in [0.2, 0.25) is 0 Å². The van der Waals surface area contributed by atoms with Crippen LogP contribution in [0, 0.1) is 12.8 Å². The number of ether oxygens (including phenoxy) is 3. The molecule has 2 aromatic carbocycles. The third-order valence-electron chi connectivity index (χ3n) is 5.20. The van der Waals surface area contributed by atoms with Gasteiger partial charge in [0.05, 0.1) is 18.1 Å². The number of nitrogens with one attached hydrogen (secondary N) is 2. The van der Waals surface area contributed by atoms with Crippen LogP contribution in [0.4, 0.5) is 0 Å². The van der Waals surface area contributed by atoms with E-state index in [1.54, 1.807) is 26.0 Å². The SMILES string of the molecule is Cc1cccc(OCC(O)CNC(=O)C(NS(=O)(=O)c2ccc3c(c2)OCCCO3)C(C)C)c1. The summed E-state index contributed by atoms with van der Waals surface area (Å²) >= 11 is 0. The van der Waals surface area contributed by atoms with E-state index < -0.39 is 28.1 Å². The molecule has 0 radical (unpaired) electrons. The van der Waals surface area contributed by atoms with Crippen LogP contribution in [0.1, 0.15) is 25.8 Å². The van der Waals surface area contributed by atoms with Crippen molar-refractivity contribution in [2.24, 2.45) is 5.92 Å². The molecule has 1 heterocycles. The predicted molar refractivity (Wildman–Crippen MR) is 127 cm³/mol. The van der Waals surface area contributed by atoms with Gasteiger partial charge in [-0.25, -0.2) is 8.42 Å². The van der Waals surface area contributed by atoms with Crippen molar-refractivity contribution in [2.45, 2.75) is 44.2 Å². The van der Waals surface area contributed by atoms with Gasteiger partial charge in [-0.15, -0.1) is 0 Å². The molecule has 3 rings (SSSR count). The van der Waals surface area contributed by atoms with Gasteiger partial charge in [0.2, 0.25) is 15.9 Å². The molecule has 0 bridgehead atoms. The molecular formula is C24H32N2O7S. The molecule has 1 amide bonds. The molecule has 1 aliphatic rings. The van der Waals surface area contributed by atoms with Crippen molar-refractivity contribution in [2.75, 3.05) is 26.4 Å². The zero-order chi connectivity index (χ0) is 24.7. The Bertz CT molecular complexity index is 1090. The molecule has 0 aromatic heterocycles. The Labute approximate surface area is 200 Å². The fourth-order valence-corrected chi connectivity index (χ4v) is 4.68. The van der Waals surface area contributed by atoms with Crippen molar-refractivity contribution < 1.29 is 32.5 Å². The Kier molecular flexibility index (Phi) is 8.76. The predicted octanol–water partition coefficient (Wildman–Crippen LogP) is 2.02. The molecule has 186 valence electrons. The highest BCUT2D eigenvalue weighted by Gasteiger charge is 2.29. The van der Waals surface area contributed by atoms with Gasteiger partial charge in [-0.3, -0.25) is 4.79 Å². The summed E-state index contributed by atoms with van der Waals surface area (Å²) in [5.74, 6) is 0.575. The number of fused-ring (bicyclic) bond motifs is 1. The van der Waals surface area contributed by atoms with Crippen LogP contribution >= 0.6 is 0 Å². The molecule has 9 nitrogen and oxygen atoms in total. The fourth-order valence-electron chi connectivity index (χ4n) is 3.32. The quantitative estimate of drug-likeness (QED) is 0.464. The van der Waals surface area contributed by atoms with Crippen LogP contribution in [0.25, 0.3) is 0 Å². The van der Waals surface area contributed by atoms with Crippen LogP contribution in [0.3, 0.4) is 0 Å². The van der Waals surface area contributed by atoms with Gasteiger partial charge >= 0.3 is 0 Å². The zero-order valence-electron chi connectivity index (χ0n) is 19.6. The Morgan fingerprint density at radius 1 is 1.12 bits per heavy atom. The fraction of sp³-hybridized carbons (Fsp3) is 0.458. The summed E-state index contributed by atoms with van der Waals surface area (Å²) in [5, 5.41) is 12.8. The van der Waals surface area contributed by atoms with E-state index in [1.807, 2.05) is 25.1 Å². The molecule has 1 aliphatic heterocycles. The number of aliphatic hydroxyl groups is 1. The van der Waals surface area contributed by atoms with Crippen LogP contribution in [-0.4, -0.2) is 57.9 Å². The molecule has 2 atom stereocenters. The first kappa shape index (κ1) is 25.8. The van der Waals surface area contributed by atoms with Crippen LogP contribution in [0.5, 0.6) is 17.2 Å². The second-order valence-corrected chi connectivity index (χ2v) is 10.2. The van der Waals surface area contributed by atoms with E-state index in [0.717, 1.165) is 5.56 Å². The normalized spacial score (nSPS) is 15.3. The van der Waals surface area contributed by atoms with E-state index in [4.69, 9.17) is 14.2 Å². The van der Waals surface area contributed by atoms with Gasteiger partial charge in [0.15, 0.2) is 11.5 Å². The first-order valence-electron chi connectivity index (χ1n) is 11.2. The summed E-state index contributed by atoms with van der Waals surface area (Å²) in [6, 6.07) is 10.7. The van der Waals surface area contributed by atoms with E-state index in [0.29, 0.717) is 36.9 Å². The Morgan fingerprint density at radius 3 is 2.56 bits per heavy atom. The average molecular weight is 493 g/mol. The van der Waals surface area contributed by atoms with E-state index in [9.17, 15) is 18.3 Å². The average Bonchev–Trinajstić information content (AvgIpc) is 3.04. The van der Waals surface area contributed by atoms with E-state index in [-0.39, 0.29) is 24.0 Å². The first-order chi connectivity index (χ1) is 16.2. The Hall–Kier alpha value is -2.82. The third kappa shape index (κ3) is 7.09. The summed E-state index contributed by atoms with van der Waals surface area (Å²) < 4.78 is 45.1. The lowest BCUT2D eigenvalue weighted by molar-refractivity contribution is -0.124. The van der Waals surface area contributed by atoms with Crippen LogP contribution < -0.4 is 24.2 Å². The number of rotatable bonds is 10. The second kappa shape index (κ2) is 11.5. The summed E-state index contributed by atoms with van der Waals surface area (Å²) in [6.45, 7) is 6.23. The number of sulfonamides is 1. The first-order valence-corrected chi connectivity index (χ1v) is 12.7. The number of aryl methyl sites for hydroxylation is 1. The van der Waals surface area contributed by atoms with E-state index >= 15 is 0 Å². The summed E-state index contributed by atoms with van der Waals surface area (Å²) in [6.07, 6.45) is -0.262. The van der Waals surface area contributed by atoms with E-state index in [1.165, 1.54) is 12.1 Å². The summed E-state index contributed by atoms with van der Waals surface area (Å²) in [4.78, 5) is 12.7. The van der Waals surface area contributed by atoms with Gasteiger partial charge < -0.3 is 24.6 Å². The molecule has 0 fully saturated rings. The largest absolute Gasteiger partial charge is 0.491 e. The number of carbonyl (C=O) groups is 1. The number of carbonyl (C=O) groups excluding carboxylic acids is 1. The summed E-state index contributed by atoms with van der Waals surface area (Å²) in [7, 11) is -4.02. The van der Waals surface area contributed by atoms with Gasteiger partial charge in [0.1, 0.15) is 24.5 Å². The van der Waals surface area contributed by atoms with Gasteiger partial charge in [-0.1, -0.05) is 26.0 Å². The molecule has 0 spiro atoms. The minimum absolute atomic E-state index is 0.0149. The molecule has 0 aliphatic carbocycles. The van der Waals surface area contributed by atoms with Crippen LogP contribution in [0.15, 0.2) is 47.4 Å². The highest BCUT2D eigenvalue weighted by atomic mass is 32.2. The Morgan fingerprint density at radius 2 is 1.85 bits per heavy atom. The molecule has 0 saturated carbocycles.